The van der Waals surface area contributed by atoms with E-state index in [2.05, 4.69) is 5.32 Å². The van der Waals surface area contributed by atoms with Gasteiger partial charge in [0.05, 0.1) is 11.9 Å². The number of amides is 2. The molecule has 1 atom stereocenters. The first-order valence-electron chi connectivity index (χ1n) is 12.1. The molecule has 2 amide bonds. The Morgan fingerprint density at radius 3 is 2.14 bits per heavy atom. The van der Waals surface area contributed by atoms with Crippen LogP contribution in [0.4, 0.5) is 5.69 Å². The Balaban J connectivity index is 2.54. The zero-order valence-corrected chi connectivity index (χ0v) is 23.8. The minimum absolute atomic E-state index is 0.0423. The molecule has 2 aromatic carbocycles. The first kappa shape index (κ1) is 29.6. The van der Waals surface area contributed by atoms with Crippen LogP contribution in [0.5, 0.6) is 0 Å². The molecule has 0 saturated heterocycles. The van der Waals surface area contributed by atoms with Crippen molar-refractivity contribution in [3.63, 3.8) is 0 Å². The molecule has 0 aliphatic heterocycles. The first-order valence-corrected chi connectivity index (χ1v) is 14.3. The number of sulfonamides is 1. The smallest absolute Gasteiger partial charge is 0.244 e. The van der Waals surface area contributed by atoms with Crippen molar-refractivity contribution in [2.24, 2.45) is 0 Å². The van der Waals surface area contributed by atoms with Gasteiger partial charge in [-0.1, -0.05) is 68.8 Å². The van der Waals surface area contributed by atoms with Crippen LogP contribution in [0, 0.1) is 0 Å². The lowest BCUT2D eigenvalue weighted by molar-refractivity contribution is -0.141. The molecule has 1 unspecified atom stereocenters. The van der Waals surface area contributed by atoms with Crippen LogP contribution in [0.15, 0.2) is 48.5 Å². The molecular formula is C27H38ClN3O4S. The number of carbonyl (C=O) groups is 2. The molecule has 0 aromatic heterocycles. The van der Waals surface area contributed by atoms with Crippen molar-refractivity contribution in [3.8, 4) is 0 Å². The van der Waals surface area contributed by atoms with Gasteiger partial charge in [0.1, 0.15) is 12.6 Å². The van der Waals surface area contributed by atoms with Crippen LogP contribution in [0.1, 0.15) is 65.0 Å². The van der Waals surface area contributed by atoms with E-state index in [0.29, 0.717) is 22.7 Å². The number of para-hydroxylation sites is 1. The van der Waals surface area contributed by atoms with Crippen LogP contribution in [0.2, 0.25) is 5.02 Å². The fourth-order valence-electron chi connectivity index (χ4n) is 3.98. The van der Waals surface area contributed by atoms with Crippen molar-refractivity contribution >= 4 is 39.1 Å². The number of carbonyl (C=O) groups excluding carboxylic acids is 2. The Morgan fingerprint density at radius 2 is 1.61 bits per heavy atom. The summed E-state index contributed by atoms with van der Waals surface area (Å²) in [5.41, 5.74) is 1.43. The number of hydrogen-bond donors (Lipinski definition) is 1. The summed E-state index contributed by atoms with van der Waals surface area (Å²) in [5, 5.41) is 3.41. The Morgan fingerprint density at radius 1 is 1.03 bits per heavy atom. The summed E-state index contributed by atoms with van der Waals surface area (Å²) < 4.78 is 26.9. The highest BCUT2D eigenvalue weighted by Crippen LogP contribution is 2.29. The molecule has 7 nitrogen and oxygen atoms in total. The number of nitrogens with one attached hydrogen (secondary N) is 1. The Hall–Kier alpha value is -2.58. The van der Waals surface area contributed by atoms with E-state index in [-0.39, 0.29) is 18.4 Å². The van der Waals surface area contributed by atoms with Crippen LogP contribution in [0.25, 0.3) is 0 Å². The van der Waals surface area contributed by atoms with E-state index in [1.165, 1.54) is 4.90 Å². The molecule has 0 radical (unpaired) electrons. The predicted octanol–water partition coefficient (Wildman–Crippen LogP) is 4.95. The summed E-state index contributed by atoms with van der Waals surface area (Å²) in [4.78, 5) is 28.5. The number of halogens is 1. The number of hydrogen-bond acceptors (Lipinski definition) is 4. The highest BCUT2D eigenvalue weighted by atomic mass is 35.5. The van der Waals surface area contributed by atoms with Crippen molar-refractivity contribution in [1.82, 2.24) is 10.2 Å². The molecule has 9 heteroatoms. The molecule has 2 aromatic rings. The second kappa shape index (κ2) is 12.1. The van der Waals surface area contributed by atoms with Gasteiger partial charge in [-0.2, -0.15) is 0 Å². The molecule has 0 aliphatic rings. The molecule has 1 N–H and O–H groups in total. The third kappa shape index (κ3) is 7.96. The second-order valence-corrected chi connectivity index (χ2v) is 12.6. The molecule has 0 heterocycles. The van der Waals surface area contributed by atoms with E-state index in [1.54, 1.807) is 30.3 Å². The maximum absolute atomic E-state index is 13.8. The summed E-state index contributed by atoms with van der Waals surface area (Å²) >= 11 is 6.39. The fraction of sp³-hybridized carbons (Fsp3) is 0.481. The zero-order chi connectivity index (χ0) is 27.3. The highest BCUT2D eigenvalue weighted by Gasteiger charge is 2.33. The summed E-state index contributed by atoms with van der Waals surface area (Å²) in [5.74, 6) is -0.755. The average molecular weight is 536 g/mol. The summed E-state index contributed by atoms with van der Waals surface area (Å²) in [6, 6.07) is 13.4. The molecule has 0 aliphatic carbocycles. The standard InChI is InChI=1S/C27H38ClN3O4S/c1-8-23(26(33)29-27(4,5)6)30(17-20-13-9-11-15-22(20)28)25(32)18-31(36(7,34)35)24-16-12-10-14-21(24)19(2)3/h9-16,19,23H,8,17-18H2,1-7H3,(H,29,33). The summed E-state index contributed by atoms with van der Waals surface area (Å²) in [7, 11) is -3.81. The van der Waals surface area contributed by atoms with Crippen LogP contribution >= 0.6 is 11.6 Å². The molecule has 2 rings (SSSR count). The highest BCUT2D eigenvalue weighted by molar-refractivity contribution is 7.92. The lowest BCUT2D eigenvalue weighted by Crippen LogP contribution is -2.55. The fourth-order valence-corrected chi connectivity index (χ4v) is 5.04. The van der Waals surface area contributed by atoms with Gasteiger partial charge >= 0.3 is 0 Å². The molecular weight excluding hydrogens is 498 g/mol. The SMILES string of the molecule is CCC(C(=O)NC(C)(C)C)N(Cc1ccccc1Cl)C(=O)CN(c1ccccc1C(C)C)S(C)(=O)=O. The normalized spacial score (nSPS) is 12.8. The van der Waals surface area contributed by atoms with Gasteiger partial charge < -0.3 is 10.2 Å². The van der Waals surface area contributed by atoms with E-state index >= 15 is 0 Å². The Labute approximate surface area is 220 Å². The van der Waals surface area contributed by atoms with Crippen LogP contribution in [0.3, 0.4) is 0 Å². The van der Waals surface area contributed by atoms with Crippen LogP contribution < -0.4 is 9.62 Å². The van der Waals surface area contributed by atoms with Gasteiger partial charge in [0, 0.05) is 17.1 Å². The number of rotatable bonds is 10. The van der Waals surface area contributed by atoms with Gasteiger partial charge in [-0.05, 0) is 56.4 Å². The molecule has 0 fully saturated rings. The number of anilines is 1. The zero-order valence-electron chi connectivity index (χ0n) is 22.2. The number of benzene rings is 2. The predicted molar refractivity (Wildman–Crippen MR) is 147 cm³/mol. The molecule has 0 spiro atoms. The quantitative estimate of drug-likeness (QED) is 0.466. The third-order valence-electron chi connectivity index (χ3n) is 5.69. The van der Waals surface area contributed by atoms with Crippen molar-refractivity contribution in [2.75, 3.05) is 17.1 Å². The Kier molecular flexibility index (Phi) is 9.97. The second-order valence-electron chi connectivity index (χ2n) is 10.3. The maximum Gasteiger partial charge on any atom is 0.244 e. The van der Waals surface area contributed by atoms with Crippen molar-refractivity contribution in [2.45, 2.75) is 72.0 Å². The van der Waals surface area contributed by atoms with E-state index < -0.39 is 34.1 Å². The minimum Gasteiger partial charge on any atom is -0.350 e. The van der Waals surface area contributed by atoms with Gasteiger partial charge in [-0.15, -0.1) is 0 Å². The van der Waals surface area contributed by atoms with Gasteiger partial charge in [-0.25, -0.2) is 8.42 Å². The van der Waals surface area contributed by atoms with Gasteiger partial charge in [-0.3, -0.25) is 13.9 Å². The van der Waals surface area contributed by atoms with Gasteiger partial charge in [0.2, 0.25) is 21.8 Å². The van der Waals surface area contributed by atoms with Crippen LogP contribution in [-0.4, -0.2) is 49.5 Å². The van der Waals surface area contributed by atoms with Crippen molar-refractivity contribution < 1.29 is 18.0 Å². The monoisotopic (exact) mass is 535 g/mol. The van der Waals surface area contributed by atoms with Gasteiger partial charge in [0.25, 0.3) is 0 Å². The topological polar surface area (TPSA) is 86.8 Å². The molecule has 198 valence electrons. The van der Waals surface area contributed by atoms with Gasteiger partial charge in [0.15, 0.2) is 0 Å². The van der Waals surface area contributed by atoms with Crippen molar-refractivity contribution in [3.05, 3.63) is 64.7 Å². The van der Waals surface area contributed by atoms with E-state index in [4.69, 9.17) is 11.6 Å². The van der Waals surface area contributed by atoms with Crippen LogP contribution in [-0.2, 0) is 26.2 Å². The van der Waals surface area contributed by atoms with E-state index in [9.17, 15) is 18.0 Å². The van der Waals surface area contributed by atoms with E-state index in [1.807, 2.05) is 59.7 Å². The molecule has 0 saturated carbocycles. The Bertz CT molecular complexity index is 1180. The summed E-state index contributed by atoms with van der Waals surface area (Å²) in [6.45, 7) is 11.0. The van der Waals surface area contributed by atoms with E-state index in [0.717, 1.165) is 16.1 Å². The number of nitrogens with zero attached hydrogens (tertiary/aromatic N) is 2. The molecule has 0 bridgehead atoms. The third-order valence-corrected chi connectivity index (χ3v) is 7.18. The average Bonchev–Trinajstić information content (AvgIpc) is 2.76. The largest absolute Gasteiger partial charge is 0.350 e. The molecule has 36 heavy (non-hydrogen) atoms. The lowest BCUT2D eigenvalue weighted by Gasteiger charge is -2.35. The minimum atomic E-state index is -3.81. The first-order chi connectivity index (χ1) is 16.7. The summed E-state index contributed by atoms with van der Waals surface area (Å²) in [6.07, 6.45) is 1.43. The van der Waals surface area contributed by atoms with Crippen molar-refractivity contribution in [1.29, 1.82) is 0 Å². The maximum atomic E-state index is 13.8. The lowest BCUT2D eigenvalue weighted by atomic mass is 10.0.